The zero-order chi connectivity index (χ0) is 22.9. The van der Waals surface area contributed by atoms with Crippen molar-refractivity contribution in [2.45, 2.75) is 13.5 Å². The second-order valence-corrected chi connectivity index (χ2v) is 9.58. The van der Waals surface area contributed by atoms with E-state index in [9.17, 15) is 13.2 Å². The van der Waals surface area contributed by atoms with Crippen molar-refractivity contribution in [1.29, 1.82) is 0 Å². The van der Waals surface area contributed by atoms with Crippen molar-refractivity contribution >= 4 is 38.8 Å². The number of nitrogens with zero attached hydrogens (tertiary/aromatic N) is 1. The van der Waals surface area contributed by atoms with Gasteiger partial charge in [0.05, 0.1) is 24.4 Å². The Hall–Kier alpha value is -3.29. The molecule has 0 spiro atoms. The molecule has 164 valence electrons. The molecule has 1 N–H and O–H groups in total. The largest absolute Gasteiger partial charge is 0.495 e. The first-order valence-electron chi connectivity index (χ1n) is 9.83. The van der Waals surface area contributed by atoms with Gasteiger partial charge in [-0.15, -0.1) is 0 Å². The van der Waals surface area contributed by atoms with Gasteiger partial charge in [-0.3, -0.25) is 9.10 Å². The van der Waals surface area contributed by atoms with E-state index >= 15 is 0 Å². The highest BCUT2D eigenvalue weighted by atomic mass is 35.5. The Morgan fingerprint density at radius 1 is 1.06 bits per heavy atom. The number of sulfonamides is 1. The highest BCUT2D eigenvalue weighted by molar-refractivity contribution is 7.97. The minimum absolute atomic E-state index is 0.110. The third-order valence-electron chi connectivity index (χ3n) is 5.18. The molecule has 0 atom stereocenters. The molecule has 3 aromatic carbocycles. The predicted octanol–water partition coefficient (Wildman–Crippen LogP) is 5.14. The van der Waals surface area contributed by atoms with Gasteiger partial charge >= 0.3 is 0 Å². The summed E-state index contributed by atoms with van der Waals surface area (Å²) in [5, 5.41) is 3.25. The topological polar surface area (TPSA) is 75.7 Å². The highest BCUT2D eigenvalue weighted by Crippen LogP contribution is 2.36. The summed E-state index contributed by atoms with van der Waals surface area (Å²) < 4.78 is 33.4. The average molecular weight is 469 g/mol. The summed E-state index contributed by atoms with van der Waals surface area (Å²) in [5.41, 5.74) is 3.11. The van der Waals surface area contributed by atoms with E-state index in [1.807, 2.05) is 31.2 Å². The average Bonchev–Trinajstić information content (AvgIpc) is 2.78. The zero-order valence-electron chi connectivity index (χ0n) is 17.5. The Kier molecular flexibility index (Phi) is 5.95. The van der Waals surface area contributed by atoms with Crippen LogP contribution in [0.4, 0.5) is 11.4 Å². The summed E-state index contributed by atoms with van der Waals surface area (Å²) in [7, 11) is -2.60. The summed E-state index contributed by atoms with van der Waals surface area (Å²) in [6, 6.07) is 19.2. The Morgan fingerprint density at radius 2 is 1.78 bits per heavy atom. The molecular weight excluding hydrogens is 448 g/mol. The molecule has 6 nitrogen and oxygen atoms in total. The lowest BCUT2D eigenvalue weighted by Crippen LogP contribution is -2.39. The fourth-order valence-corrected chi connectivity index (χ4v) is 5.24. The highest BCUT2D eigenvalue weighted by Gasteiger charge is 2.40. The van der Waals surface area contributed by atoms with E-state index in [0.29, 0.717) is 27.7 Å². The first-order valence-corrected chi connectivity index (χ1v) is 11.7. The van der Waals surface area contributed by atoms with E-state index in [2.05, 4.69) is 5.32 Å². The number of rotatable bonds is 5. The number of carbonyl (C=O) groups is 1. The number of anilines is 2. The lowest BCUT2D eigenvalue weighted by molar-refractivity contribution is 0.104. The number of hydrogen-bond acceptors (Lipinski definition) is 5. The van der Waals surface area contributed by atoms with Gasteiger partial charge in [0.25, 0.3) is 10.0 Å². The third kappa shape index (κ3) is 4.09. The lowest BCUT2D eigenvalue weighted by atomic mass is 10.1. The number of hydrogen-bond donors (Lipinski definition) is 1. The van der Waals surface area contributed by atoms with Crippen LogP contribution in [0.1, 0.15) is 21.5 Å². The van der Waals surface area contributed by atoms with Crippen molar-refractivity contribution in [3.05, 3.63) is 99.5 Å². The minimum atomic E-state index is -4.10. The summed E-state index contributed by atoms with van der Waals surface area (Å²) in [4.78, 5) is 12.8. The Balaban J connectivity index is 1.74. The van der Waals surface area contributed by atoms with Crippen LogP contribution in [0.5, 0.6) is 5.75 Å². The summed E-state index contributed by atoms with van der Waals surface area (Å²) >= 11 is 6.15. The molecule has 1 heterocycles. The predicted molar refractivity (Wildman–Crippen MR) is 127 cm³/mol. The first kappa shape index (κ1) is 21.9. The van der Waals surface area contributed by atoms with Gasteiger partial charge in [-0.25, -0.2) is 8.42 Å². The van der Waals surface area contributed by atoms with Gasteiger partial charge in [0, 0.05) is 17.5 Å². The zero-order valence-corrected chi connectivity index (χ0v) is 19.1. The van der Waals surface area contributed by atoms with Crippen LogP contribution in [0.3, 0.4) is 0 Å². The van der Waals surface area contributed by atoms with E-state index in [1.165, 1.54) is 17.6 Å². The van der Waals surface area contributed by atoms with Crippen LogP contribution < -0.4 is 14.4 Å². The van der Waals surface area contributed by atoms with Crippen LogP contribution in [-0.2, 0) is 16.6 Å². The fourth-order valence-electron chi connectivity index (χ4n) is 3.46. The number of halogens is 1. The number of ketones is 1. The van der Waals surface area contributed by atoms with Crippen molar-refractivity contribution < 1.29 is 17.9 Å². The van der Waals surface area contributed by atoms with Crippen molar-refractivity contribution in [1.82, 2.24) is 0 Å². The number of nitrogens with one attached hydrogen (secondary N) is 1. The molecule has 0 saturated heterocycles. The third-order valence-corrected chi connectivity index (χ3v) is 7.24. The molecule has 0 saturated carbocycles. The molecule has 8 heteroatoms. The summed E-state index contributed by atoms with van der Waals surface area (Å²) in [5.74, 6) is -0.0719. The molecule has 4 rings (SSSR count). The van der Waals surface area contributed by atoms with Gasteiger partial charge in [-0.1, -0.05) is 53.6 Å². The first-order chi connectivity index (χ1) is 15.3. The van der Waals surface area contributed by atoms with Gasteiger partial charge in [0.15, 0.2) is 4.91 Å². The second kappa shape index (κ2) is 8.68. The molecule has 32 heavy (non-hydrogen) atoms. The lowest BCUT2D eigenvalue weighted by Gasteiger charge is -2.31. The minimum Gasteiger partial charge on any atom is -0.495 e. The maximum Gasteiger partial charge on any atom is 0.270 e. The quantitative estimate of drug-likeness (QED) is 0.524. The van der Waals surface area contributed by atoms with Crippen LogP contribution in [0.15, 0.2) is 77.8 Å². The normalized spacial score (nSPS) is 16.0. The number of methoxy groups -OCH3 is 1. The molecule has 0 unspecified atom stereocenters. The molecule has 0 bridgehead atoms. The molecule has 1 aliphatic rings. The molecule has 0 amide bonds. The van der Waals surface area contributed by atoms with E-state index in [4.69, 9.17) is 16.3 Å². The van der Waals surface area contributed by atoms with E-state index in [0.717, 1.165) is 11.1 Å². The molecule has 0 aromatic heterocycles. The van der Waals surface area contributed by atoms with Crippen LogP contribution in [-0.4, -0.2) is 21.3 Å². The molecule has 1 aliphatic heterocycles. The number of ether oxygens (including phenoxy) is 1. The van der Waals surface area contributed by atoms with E-state index in [-0.39, 0.29) is 11.4 Å². The van der Waals surface area contributed by atoms with Crippen molar-refractivity contribution in [3.8, 4) is 5.75 Å². The number of para-hydroxylation sites is 1. The van der Waals surface area contributed by atoms with Crippen molar-refractivity contribution in [2.75, 3.05) is 16.7 Å². The van der Waals surface area contributed by atoms with E-state index < -0.39 is 15.8 Å². The molecular formula is C24H21ClN2O4S. The van der Waals surface area contributed by atoms with Crippen LogP contribution in [0.25, 0.3) is 0 Å². The maximum atomic E-state index is 13.5. The summed E-state index contributed by atoms with van der Waals surface area (Å²) in [6.45, 7) is 2.08. The van der Waals surface area contributed by atoms with Gasteiger partial charge in [0.2, 0.25) is 5.78 Å². The Bertz CT molecular complexity index is 1320. The number of fused-ring (bicyclic) bond motifs is 1. The smallest absolute Gasteiger partial charge is 0.270 e. The maximum absolute atomic E-state index is 13.5. The monoisotopic (exact) mass is 468 g/mol. The fraction of sp³-hybridized carbons (Fsp3) is 0.125. The van der Waals surface area contributed by atoms with E-state index in [1.54, 1.807) is 42.5 Å². The van der Waals surface area contributed by atoms with Gasteiger partial charge < -0.3 is 10.1 Å². The number of carbonyl (C=O) groups excluding carboxylic acids is 1. The molecule has 0 radical (unpaired) electrons. The number of Topliss-reactive ketones (excluding diaryl/α,β-unsaturated/α-hetero) is 1. The van der Waals surface area contributed by atoms with Crippen LogP contribution in [0.2, 0.25) is 5.02 Å². The van der Waals surface area contributed by atoms with Gasteiger partial charge in [-0.2, -0.15) is 0 Å². The standard InChI is InChI=1S/C24H21ClN2O4S/c1-16-7-9-17(10-8-16)15-27-21-6-4-3-5-19(21)24(28)23(32(27,29)30)14-26-18-11-12-22(31-2)20(25)13-18/h3-14,26H,15H2,1-2H3. The van der Waals surface area contributed by atoms with Gasteiger partial charge in [-0.05, 0) is 42.8 Å². The van der Waals surface area contributed by atoms with Crippen molar-refractivity contribution in [3.63, 3.8) is 0 Å². The Morgan fingerprint density at radius 3 is 2.47 bits per heavy atom. The molecule has 3 aromatic rings. The van der Waals surface area contributed by atoms with Gasteiger partial charge in [0.1, 0.15) is 5.75 Å². The van der Waals surface area contributed by atoms with Crippen LogP contribution in [0, 0.1) is 6.92 Å². The summed E-state index contributed by atoms with van der Waals surface area (Å²) in [6.07, 6.45) is 1.22. The Labute approximate surface area is 192 Å². The SMILES string of the molecule is COc1ccc(NC=C2C(=O)c3ccccc3N(Cc3ccc(C)cc3)S2(=O)=O)cc1Cl. The molecule has 0 aliphatic carbocycles. The number of allylic oxidation sites excluding steroid dienone is 1. The number of benzene rings is 3. The second-order valence-electron chi connectivity index (χ2n) is 7.35. The van der Waals surface area contributed by atoms with Crippen molar-refractivity contribution in [2.24, 2.45) is 0 Å². The number of aryl methyl sites for hydroxylation is 1. The van der Waals surface area contributed by atoms with Crippen LogP contribution >= 0.6 is 11.6 Å². The molecule has 0 fully saturated rings.